The Labute approximate surface area is 111 Å². The summed E-state index contributed by atoms with van der Waals surface area (Å²) in [5.74, 6) is 0. The maximum Gasteiger partial charge on any atom is 0.0674 e. The van der Waals surface area contributed by atoms with Gasteiger partial charge in [-0.05, 0) is 24.1 Å². The van der Waals surface area contributed by atoms with E-state index in [4.69, 9.17) is 10.5 Å². The Balaban J connectivity index is 2.02. The number of nitrogens with two attached hydrogens (primary N) is 1. The highest BCUT2D eigenvalue weighted by Gasteiger charge is 2.17. The van der Waals surface area contributed by atoms with Crippen LogP contribution in [0.5, 0.6) is 0 Å². The fourth-order valence-electron chi connectivity index (χ4n) is 2.12. The van der Waals surface area contributed by atoms with Crippen molar-refractivity contribution >= 4 is 15.9 Å². The third kappa shape index (κ3) is 3.52. The maximum absolute atomic E-state index is 5.62. The fraction of sp³-hybridized carbons (Fsp3) is 0.538. The van der Waals surface area contributed by atoms with Crippen molar-refractivity contribution < 1.29 is 4.74 Å². The molecule has 0 amide bonds. The molecule has 0 saturated carbocycles. The molecule has 1 fully saturated rings. The number of hydrogen-bond acceptors (Lipinski definition) is 3. The molecule has 3 nitrogen and oxygen atoms in total. The highest BCUT2D eigenvalue weighted by Crippen LogP contribution is 2.21. The van der Waals surface area contributed by atoms with E-state index in [9.17, 15) is 0 Å². The second kappa shape index (κ2) is 5.96. The van der Waals surface area contributed by atoms with Crippen LogP contribution in [-0.2, 0) is 17.8 Å². The molecule has 1 aliphatic heterocycles. The number of halogens is 1. The first kappa shape index (κ1) is 13.0. The zero-order valence-electron chi connectivity index (χ0n) is 10.2. The Morgan fingerprint density at radius 3 is 3.00 bits per heavy atom. The van der Waals surface area contributed by atoms with E-state index in [-0.39, 0.29) is 0 Å². The average molecular weight is 299 g/mol. The van der Waals surface area contributed by atoms with Crippen molar-refractivity contribution in [3.63, 3.8) is 0 Å². The van der Waals surface area contributed by atoms with E-state index in [0.29, 0.717) is 12.6 Å². The first-order valence-corrected chi connectivity index (χ1v) is 6.79. The third-order valence-corrected chi connectivity index (χ3v) is 3.81. The van der Waals surface area contributed by atoms with Gasteiger partial charge in [-0.3, -0.25) is 4.90 Å². The molecule has 0 radical (unpaired) electrons. The van der Waals surface area contributed by atoms with Gasteiger partial charge >= 0.3 is 0 Å². The Bertz CT molecular complexity index is 384. The zero-order valence-corrected chi connectivity index (χ0v) is 11.7. The molecule has 17 heavy (non-hydrogen) atoms. The van der Waals surface area contributed by atoms with E-state index in [0.717, 1.165) is 36.3 Å². The molecule has 1 atom stereocenters. The summed E-state index contributed by atoms with van der Waals surface area (Å²) in [6, 6.07) is 6.37. The third-order valence-electron chi connectivity index (χ3n) is 3.07. The first-order valence-electron chi connectivity index (χ1n) is 6.00. The topological polar surface area (TPSA) is 38.5 Å². The second-order valence-corrected chi connectivity index (χ2v) is 5.40. The quantitative estimate of drug-likeness (QED) is 0.929. The Morgan fingerprint density at radius 2 is 2.35 bits per heavy atom. The number of ether oxygens (including phenoxy) is 1. The molecule has 1 heterocycles. The Hall–Kier alpha value is -0.420. The summed E-state index contributed by atoms with van der Waals surface area (Å²) >= 11 is 3.62. The predicted molar refractivity (Wildman–Crippen MR) is 72.7 cm³/mol. The molecule has 0 bridgehead atoms. The molecule has 94 valence electrons. The minimum atomic E-state index is 0.339. The molecule has 1 unspecified atom stereocenters. The minimum Gasteiger partial charge on any atom is -0.376 e. The molecule has 1 saturated heterocycles. The van der Waals surface area contributed by atoms with Gasteiger partial charge in [0.2, 0.25) is 0 Å². The van der Waals surface area contributed by atoms with Crippen LogP contribution in [0.3, 0.4) is 0 Å². The van der Waals surface area contributed by atoms with Gasteiger partial charge in [0, 0.05) is 30.7 Å². The normalized spacial score (nSPS) is 21.7. The highest BCUT2D eigenvalue weighted by molar-refractivity contribution is 9.10. The van der Waals surface area contributed by atoms with Crippen LogP contribution >= 0.6 is 15.9 Å². The van der Waals surface area contributed by atoms with Gasteiger partial charge in [-0.25, -0.2) is 0 Å². The van der Waals surface area contributed by atoms with Crippen LogP contribution in [0.25, 0.3) is 0 Å². The number of nitrogens with zero attached hydrogens (tertiary/aromatic N) is 1. The highest BCUT2D eigenvalue weighted by atomic mass is 79.9. The van der Waals surface area contributed by atoms with Crippen LogP contribution in [0.2, 0.25) is 0 Å². The smallest absolute Gasteiger partial charge is 0.0674 e. The molecular formula is C13H19BrN2O. The SMILES string of the molecule is CC1CN(Cc2ccc(CN)cc2Br)CCO1. The van der Waals surface area contributed by atoms with Gasteiger partial charge in [0.15, 0.2) is 0 Å². The molecule has 0 spiro atoms. The van der Waals surface area contributed by atoms with Crippen molar-refractivity contribution in [3.05, 3.63) is 33.8 Å². The van der Waals surface area contributed by atoms with Gasteiger partial charge in [-0.1, -0.05) is 28.1 Å². The standard InChI is InChI=1S/C13H19BrN2O/c1-10-8-16(4-5-17-10)9-12-3-2-11(7-15)6-13(12)14/h2-3,6,10H,4-5,7-9,15H2,1H3. The van der Waals surface area contributed by atoms with Crippen LogP contribution in [0, 0.1) is 0 Å². The molecule has 0 aliphatic carbocycles. The van der Waals surface area contributed by atoms with Gasteiger partial charge in [0.05, 0.1) is 12.7 Å². The summed E-state index contributed by atoms with van der Waals surface area (Å²) in [5.41, 5.74) is 8.10. The van der Waals surface area contributed by atoms with Gasteiger partial charge < -0.3 is 10.5 Å². The van der Waals surface area contributed by atoms with Crippen molar-refractivity contribution in [1.29, 1.82) is 0 Å². The fourth-order valence-corrected chi connectivity index (χ4v) is 2.67. The van der Waals surface area contributed by atoms with Gasteiger partial charge in [-0.15, -0.1) is 0 Å². The Kier molecular flexibility index (Phi) is 4.56. The van der Waals surface area contributed by atoms with Crippen molar-refractivity contribution in [2.45, 2.75) is 26.1 Å². The Morgan fingerprint density at radius 1 is 1.53 bits per heavy atom. The molecule has 2 rings (SSSR count). The van der Waals surface area contributed by atoms with E-state index in [1.165, 1.54) is 5.56 Å². The lowest BCUT2D eigenvalue weighted by Crippen LogP contribution is -2.40. The number of rotatable bonds is 3. The van der Waals surface area contributed by atoms with Gasteiger partial charge in [0.25, 0.3) is 0 Å². The molecular weight excluding hydrogens is 280 g/mol. The molecule has 4 heteroatoms. The molecule has 1 aromatic rings. The van der Waals surface area contributed by atoms with Crippen LogP contribution in [0.15, 0.2) is 22.7 Å². The maximum atomic E-state index is 5.62. The van der Waals surface area contributed by atoms with Crippen molar-refractivity contribution in [2.24, 2.45) is 5.73 Å². The lowest BCUT2D eigenvalue weighted by Gasteiger charge is -2.31. The van der Waals surface area contributed by atoms with Crippen molar-refractivity contribution in [1.82, 2.24) is 4.90 Å². The summed E-state index contributed by atoms with van der Waals surface area (Å²) in [6.45, 7) is 6.53. The lowest BCUT2D eigenvalue weighted by molar-refractivity contribution is -0.0212. The summed E-state index contributed by atoms with van der Waals surface area (Å²) in [4.78, 5) is 2.43. The lowest BCUT2D eigenvalue weighted by atomic mass is 10.1. The summed E-state index contributed by atoms with van der Waals surface area (Å²) in [6.07, 6.45) is 0.339. The van der Waals surface area contributed by atoms with Crippen LogP contribution in [0.1, 0.15) is 18.1 Å². The summed E-state index contributed by atoms with van der Waals surface area (Å²) < 4.78 is 6.69. The first-order chi connectivity index (χ1) is 8.19. The van der Waals surface area contributed by atoms with Gasteiger partial charge in [-0.2, -0.15) is 0 Å². The van der Waals surface area contributed by atoms with E-state index in [2.05, 4.69) is 46.0 Å². The second-order valence-electron chi connectivity index (χ2n) is 4.55. The monoisotopic (exact) mass is 298 g/mol. The number of morpholine rings is 1. The van der Waals surface area contributed by atoms with Crippen molar-refractivity contribution in [2.75, 3.05) is 19.7 Å². The van der Waals surface area contributed by atoms with Crippen molar-refractivity contribution in [3.8, 4) is 0 Å². The predicted octanol–water partition coefficient (Wildman–Crippen LogP) is 2.13. The minimum absolute atomic E-state index is 0.339. The average Bonchev–Trinajstić information content (AvgIpc) is 2.32. The van der Waals surface area contributed by atoms with Gasteiger partial charge in [0.1, 0.15) is 0 Å². The molecule has 2 N–H and O–H groups in total. The molecule has 1 aliphatic rings. The zero-order chi connectivity index (χ0) is 12.3. The van der Waals surface area contributed by atoms with E-state index in [1.807, 2.05) is 0 Å². The van der Waals surface area contributed by atoms with Crippen LogP contribution in [0.4, 0.5) is 0 Å². The summed E-state index contributed by atoms with van der Waals surface area (Å²) in [7, 11) is 0. The largest absolute Gasteiger partial charge is 0.376 e. The molecule has 0 aromatic heterocycles. The van der Waals surface area contributed by atoms with Crippen LogP contribution < -0.4 is 5.73 Å². The summed E-state index contributed by atoms with van der Waals surface area (Å²) in [5, 5.41) is 0. The molecule has 1 aromatic carbocycles. The van der Waals surface area contributed by atoms with E-state index < -0.39 is 0 Å². The van der Waals surface area contributed by atoms with Crippen LogP contribution in [-0.4, -0.2) is 30.7 Å². The van der Waals surface area contributed by atoms with E-state index in [1.54, 1.807) is 0 Å². The number of hydrogen-bond donors (Lipinski definition) is 1. The number of benzene rings is 1. The van der Waals surface area contributed by atoms with E-state index >= 15 is 0 Å².